The van der Waals surface area contributed by atoms with Gasteiger partial charge in [0.2, 0.25) is 0 Å². The first kappa shape index (κ1) is 49.9. The van der Waals surface area contributed by atoms with Gasteiger partial charge in [0.05, 0.1) is 11.4 Å². The highest BCUT2D eigenvalue weighted by atomic mass is 32.1. The molecule has 0 aliphatic heterocycles. The summed E-state index contributed by atoms with van der Waals surface area (Å²) in [5.41, 5.74) is 14.3. The van der Waals surface area contributed by atoms with E-state index in [0.29, 0.717) is 0 Å². The Morgan fingerprint density at radius 3 is 1.00 bits per heavy atom. The third-order valence-corrected chi connectivity index (χ3v) is 20.2. The predicted octanol–water partition coefficient (Wildman–Crippen LogP) is 23.9. The van der Waals surface area contributed by atoms with Crippen molar-refractivity contribution in [1.29, 1.82) is 0 Å². The van der Waals surface area contributed by atoms with Crippen molar-refractivity contribution in [3.63, 3.8) is 0 Å². The van der Waals surface area contributed by atoms with Crippen LogP contribution < -0.4 is 9.80 Å². The molecule has 16 rings (SSSR count). The average Bonchev–Trinajstić information content (AvgIpc) is 2.26. The summed E-state index contributed by atoms with van der Waals surface area (Å²) in [6, 6.07) is 114. The van der Waals surface area contributed by atoms with Gasteiger partial charge in [-0.25, -0.2) is 0 Å². The molecule has 0 saturated heterocycles. The number of anilines is 6. The molecule has 84 heavy (non-hydrogen) atoms. The van der Waals surface area contributed by atoms with Gasteiger partial charge in [-0.05, 0) is 134 Å². The minimum absolute atomic E-state index is 0.0872. The van der Waals surface area contributed by atoms with Crippen molar-refractivity contribution in [1.82, 2.24) is 0 Å². The van der Waals surface area contributed by atoms with Crippen LogP contribution in [0.1, 0.15) is 22.6 Å². The zero-order valence-electron chi connectivity index (χ0n) is 45.6. The van der Waals surface area contributed by atoms with Gasteiger partial charge in [-0.3, -0.25) is 0 Å². The summed E-state index contributed by atoms with van der Waals surface area (Å²) in [6.45, 7) is 0. The number of rotatable bonds is 12. The third kappa shape index (κ3) is 8.84. The van der Waals surface area contributed by atoms with E-state index < -0.39 is 0 Å². The fourth-order valence-electron chi connectivity index (χ4n) is 12.6. The Morgan fingerprint density at radius 1 is 0.238 bits per heavy atom. The second-order valence-corrected chi connectivity index (χ2v) is 24.7. The van der Waals surface area contributed by atoms with Crippen LogP contribution in [-0.4, -0.2) is 0 Å². The van der Waals surface area contributed by atoms with Crippen LogP contribution in [-0.2, 0) is 0 Å². The van der Waals surface area contributed by atoms with E-state index in [1.807, 2.05) is 34.0 Å². The molecule has 0 bridgehead atoms. The first-order chi connectivity index (χ1) is 41.6. The number of para-hydroxylation sites is 2. The average molecular weight is 1130 g/mol. The molecular weight excluding hydrogens is 1070 g/mol. The standard InChI is InChI=1S/C79H52N2S3/c1-4-22-58(23-5-1)76(67-34-16-24-52-19-10-13-31-64(52)67)59-39-37-55(38-40-59)73-49-68-77(82-73)69-50-74(56-41-45-62(46-42-56)80(60-27-6-2-7-28-60)71-35-17-25-53-20-11-14-32-65(53)71)84-79(69)70-51-75(83-78(68)70)57-43-47-63(48-44-57)81(61-29-8-3-9-30-61)72-36-18-26-54-21-12-15-33-66(54)72/h1-51,76H. The van der Waals surface area contributed by atoms with Crippen molar-refractivity contribution in [2.75, 3.05) is 9.80 Å². The number of thiophene rings is 3. The first-order valence-corrected chi connectivity index (χ1v) is 31.0. The van der Waals surface area contributed by atoms with Gasteiger partial charge >= 0.3 is 0 Å². The van der Waals surface area contributed by atoms with Gasteiger partial charge < -0.3 is 9.80 Å². The maximum absolute atomic E-state index is 2.47. The smallest absolute Gasteiger partial charge is 0.0540 e. The summed E-state index contributed by atoms with van der Waals surface area (Å²) < 4.78 is 3.99. The number of benzene rings is 13. The van der Waals surface area contributed by atoms with Crippen molar-refractivity contribution >= 4 is 131 Å². The molecule has 0 spiro atoms. The van der Waals surface area contributed by atoms with Crippen molar-refractivity contribution in [2.24, 2.45) is 0 Å². The lowest BCUT2D eigenvalue weighted by atomic mass is 9.82. The van der Waals surface area contributed by atoms with Gasteiger partial charge in [-0.2, -0.15) is 0 Å². The Kier molecular flexibility index (Phi) is 12.6. The molecule has 1 atom stereocenters. The van der Waals surface area contributed by atoms with E-state index in [1.54, 1.807) is 0 Å². The number of hydrogen-bond acceptors (Lipinski definition) is 5. The number of hydrogen-bond donors (Lipinski definition) is 0. The van der Waals surface area contributed by atoms with Crippen LogP contribution in [0.5, 0.6) is 0 Å². The van der Waals surface area contributed by atoms with Gasteiger partial charge in [0.25, 0.3) is 0 Å². The van der Waals surface area contributed by atoms with E-state index >= 15 is 0 Å². The minimum atomic E-state index is 0.0872. The molecule has 396 valence electrons. The van der Waals surface area contributed by atoms with Crippen LogP contribution in [0.25, 0.3) is 93.9 Å². The van der Waals surface area contributed by atoms with Crippen LogP contribution >= 0.6 is 34.0 Å². The molecule has 1 unspecified atom stereocenters. The Hall–Kier alpha value is -9.88. The molecule has 3 heterocycles. The minimum Gasteiger partial charge on any atom is -0.310 e. The molecule has 16 aromatic rings. The van der Waals surface area contributed by atoms with E-state index in [4.69, 9.17) is 0 Å². The van der Waals surface area contributed by atoms with Gasteiger partial charge in [-0.15, -0.1) is 34.0 Å². The molecule has 0 aliphatic carbocycles. The number of nitrogens with zero attached hydrogens (tertiary/aromatic N) is 2. The van der Waals surface area contributed by atoms with E-state index in [1.165, 1.54) is 111 Å². The van der Waals surface area contributed by atoms with Crippen LogP contribution in [0.2, 0.25) is 0 Å². The monoisotopic (exact) mass is 1120 g/mol. The highest BCUT2D eigenvalue weighted by Gasteiger charge is 2.24. The Balaban J connectivity index is 0.820. The second-order valence-electron chi connectivity index (χ2n) is 21.5. The van der Waals surface area contributed by atoms with Gasteiger partial charge in [0, 0.05) is 84.3 Å². The van der Waals surface area contributed by atoms with Gasteiger partial charge in [0.15, 0.2) is 0 Å². The molecule has 0 amide bonds. The van der Waals surface area contributed by atoms with E-state index in [-0.39, 0.29) is 5.92 Å². The molecule has 3 aromatic heterocycles. The highest BCUT2D eigenvalue weighted by molar-refractivity contribution is 7.29. The summed E-state index contributed by atoms with van der Waals surface area (Å²) in [7, 11) is 0. The predicted molar refractivity (Wildman–Crippen MR) is 365 cm³/mol. The van der Waals surface area contributed by atoms with E-state index in [2.05, 4.69) is 319 Å². The molecule has 13 aromatic carbocycles. The lowest BCUT2D eigenvalue weighted by Crippen LogP contribution is -2.10. The summed E-state index contributed by atoms with van der Waals surface area (Å²) in [6.07, 6.45) is 0. The van der Waals surface area contributed by atoms with Crippen LogP contribution in [0.4, 0.5) is 34.1 Å². The SMILES string of the molecule is c1ccc(C(c2ccc(-c3cc4c(s3)c3cc(-c5ccc(N(c6ccccc6)c6cccc7ccccc67)cc5)sc3c3cc(-c5ccc(N(c6ccccc6)c6cccc7ccccc67)cc5)sc43)cc2)c2cccc3ccccc23)cc1. The zero-order valence-corrected chi connectivity index (χ0v) is 48.1. The van der Waals surface area contributed by atoms with Crippen molar-refractivity contribution in [2.45, 2.75) is 5.92 Å². The summed E-state index contributed by atoms with van der Waals surface area (Å²) in [5.74, 6) is 0.0872. The molecule has 0 fully saturated rings. The second kappa shape index (κ2) is 21.1. The molecular formula is C79H52N2S3. The van der Waals surface area contributed by atoms with E-state index in [0.717, 1.165) is 34.1 Å². The normalized spacial score (nSPS) is 12.0. The molecule has 0 N–H and O–H groups in total. The van der Waals surface area contributed by atoms with Crippen LogP contribution in [0.15, 0.2) is 309 Å². The Bertz CT molecular complexity index is 4440. The fraction of sp³-hybridized carbons (Fsp3) is 0.0127. The van der Waals surface area contributed by atoms with Crippen LogP contribution in [0.3, 0.4) is 0 Å². The Morgan fingerprint density at radius 2 is 0.560 bits per heavy atom. The molecule has 0 radical (unpaired) electrons. The van der Waals surface area contributed by atoms with Gasteiger partial charge in [-0.1, -0.05) is 231 Å². The van der Waals surface area contributed by atoms with E-state index in [9.17, 15) is 0 Å². The molecule has 5 heteroatoms. The third-order valence-electron chi connectivity index (χ3n) is 16.6. The quantitative estimate of drug-likeness (QED) is 0.113. The molecule has 2 nitrogen and oxygen atoms in total. The summed E-state index contributed by atoms with van der Waals surface area (Å²) >= 11 is 5.75. The Labute approximate surface area is 500 Å². The highest BCUT2D eigenvalue weighted by Crippen LogP contribution is 2.52. The van der Waals surface area contributed by atoms with Crippen molar-refractivity contribution in [3.05, 3.63) is 326 Å². The molecule has 0 saturated carbocycles. The maximum Gasteiger partial charge on any atom is 0.0540 e. The van der Waals surface area contributed by atoms with Crippen molar-refractivity contribution < 1.29 is 0 Å². The maximum atomic E-state index is 2.47. The first-order valence-electron chi connectivity index (χ1n) is 28.6. The molecule has 0 aliphatic rings. The topological polar surface area (TPSA) is 6.48 Å². The number of fused-ring (bicyclic) bond motifs is 9. The summed E-state index contributed by atoms with van der Waals surface area (Å²) in [5, 5.41) is 11.4. The van der Waals surface area contributed by atoms with Gasteiger partial charge in [0.1, 0.15) is 0 Å². The lowest BCUT2D eigenvalue weighted by Gasteiger charge is -2.27. The summed E-state index contributed by atoms with van der Waals surface area (Å²) in [4.78, 5) is 8.56. The van der Waals surface area contributed by atoms with Crippen LogP contribution in [0, 0.1) is 0 Å². The lowest BCUT2D eigenvalue weighted by molar-refractivity contribution is 0.989. The largest absolute Gasteiger partial charge is 0.310 e. The zero-order chi connectivity index (χ0) is 55.5. The fourth-order valence-corrected chi connectivity index (χ4v) is 16.4. The van der Waals surface area contributed by atoms with Crippen molar-refractivity contribution in [3.8, 4) is 31.3 Å².